The van der Waals surface area contributed by atoms with Crippen molar-refractivity contribution in [3.8, 4) is 0 Å². The highest BCUT2D eigenvalue weighted by molar-refractivity contribution is 4.76. The highest BCUT2D eigenvalue weighted by Crippen LogP contribution is 2.18. The molecule has 0 aromatic heterocycles. The first-order valence-electron chi connectivity index (χ1n) is 4.89. The molecule has 0 radical (unpaired) electrons. The molecule has 0 fully saturated rings. The van der Waals surface area contributed by atoms with E-state index in [1.165, 1.54) is 0 Å². The SMILES string of the molecule is C[C@H](CCO)CC[C@@H](O)C(C)(C)O. The van der Waals surface area contributed by atoms with Crippen LogP contribution in [0.5, 0.6) is 0 Å². The maximum Gasteiger partial charge on any atom is 0.0849 e. The quantitative estimate of drug-likeness (QED) is 0.583. The molecule has 0 rings (SSSR count). The molecule has 0 saturated carbocycles. The minimum atomic E-state index is -1.01. The molecule has 3 heteroatoms. The van der Waals surface area contributed by atoms with Gasteiger partial charge in [-0.3, -0.25) is 0 Å². The lowest BCUT2D eigenvalue weighted by Gasteiger charge is -2.25. The van der Waals surface area contributed by atoms with Crippen LogP contribution in [0.3, 0.4) is 0 Å². The number of hydrogen-bond donors (Lipinski definition) is 3. The molecule has 3 nitrogen and oxygen atoms in total. The van der Waals surface area contributed by atoms with Crippen molar-refractivity contribution < 1.29 is 15.3 Å². The van der Waals surface area contributed by atoms with Crippen molar-refractivity contribution in [2.45, 2.75) is 51.7 Å². The summed E-state index contributed by atoms with van der Waals surface area (Å²) < 4.78 is 0. The molecule has 0 aliphatic carbocycles. The lowest BCUT2D eigenvalue weighted by atomic mass is 9.93. The van der Waals surface area contributed by atoms with Crippen LogP contribution in [-0.2, 0) is 0 Å². The van der Waals surface area contributed by atoms with E-state index in [0.29, 0.717) is 12.3 Å². The van der Waals surface area contributed by atoms with Gasteiger partial charge in [-0.05, 0) is 39.0 Å². The molecular weight excluding hydrogens is 168 g/mol. The van der Waals surface area contributed by atoms with Gasteiger partial charge in [0.1, 0.15) is 0 Å². The topological polar surface area (TPSA) is 60.7 Å². The zero-order chi connectivity index (χ0) is 10.5. The summed E-state index contributed by atoms with van der Waals surface area (Å²) in [5.74, 6) is 0.405. The van der Waals surface area contributed by atoms with Gasteiger partial charge < -0.3 is 15.3 Å². The van der Waals surface area contributed by atoms with Gasteiger partial charge in [-0.15, -0.1) is 0 Å². The van der Waals surface area contributed by atoms with Crippen molar-refractivity contribution in [1.29, 1.82) is 0 Å². The van der Waals surface area contributed by atoms with Gasteiger partial charge in [0.15, 0.2) is 0 Å². The van der Waals surface area contributed by atoms with Crippen LogP contribution in [-0.4, -0.2) is 33.6 Å². The number of aliphatic hydroxyl groups is 3. The summed E-state index contributed by atoms with van der Waals surface area (Å²) in [5, 5.41) is 27.6. The average molecular weight is 190 g/mol. The Bertz CT molecular complexity index is 129. The van der Waals surface area contributed by atoms with E-state index in [1.54, 1.807) is 13.8 Å². The predicted octanol–water partition coefficient (Wildman–Crippen LogP) is 0.917. The third-order valence-electron chi connectivity index (χ3n) is 2.37. The van der Waals surface area contributed by atoms with E-state index in [4.69, 9.17) is 5.11 Å². The predicted molar refractivity (Wildman–Crippen MR) is 52.4 cm³/mol. The zero-order valence-corrected chi connectivity index (χ0v) is 8.82. The zero-order valence-electron chi connectivity index (χ0n) is 8.82. The lowest BCUT2D eigenvalue weighted by Crippen LogP contribution is -2.35. The molecule has 0 bridgehead atoms. The van der Waals surface area contributed by atoms with Crippen molar-refractivity contribution in [2.75, 3.05) is 6.61 Å². The van der Waals surface area contributed by atoms with Crippen LogP contribution >= 0.6 is 0 Å². The molecule has 0 aliphatic rings. The highest BCUT2D eigenvalue weighted by Gasteiger charge is 2.24. The van der Waals surface area contributed by atoms with Gasteiger partial charge in [0, 0.05) is 6.61 Å². The number of hydrogen-bond acceptors (Lipinski definition) is 3. The Hall–Kier alpha value is -0.120. The Morgan fingerprint density at radius 2 is 1.69 bits per heavy atom. The molecule has 3 N–H and O–H groups in total. The minimum absolute atomic E-state index is 0.194. The van der Waals surface area contributed by atoms with E-state index in [0.717, 1.165) is 12.8 Å². The number of aliphatic hydroxyl groups excluding tert-OH is 2. The van der Waals surface area contributed by atoms with Crippen LogP contribution in [0.25, 0.3) is 0 Å². The van der Waals surface area contributed by atoms with Gasteiger partial charge in [0.2, 0.25) is 0 Å². The second-order valence-corrected chi connectivity index (χ2v) is 4.36. The molecule has 2 atom stereocenters. The Labute approximate surface area is 80.4 Å². The van der Waals surface area contributed by atoms with Gasteiger partial charge >= 0.3 is 0 Å². The highest BCUT2D eigenvalue weighted by atomic mass is 16.3. The molecule has 0 unspecified atom stereocenters. The summed E-state index contributed by atoms with van der Waals surface area (Å²) in [4.78, 5) is 0. The fraction of sp³-hybridized carbons (Fsp3) is 1.00. The van der Waals surface area contributed by atoms with Crippen molar-refractivity contribution in [1.82, 2.24) is 0 Å². The standard InChI is InChI=1S/C10H22O3/c1-8(6-7-11)4-5-9(12)10(2,3)13/h8-9,11-13H,4-7H2,1-3H3/t8-,9+/m0/s1. The number of rotatable bonds is 6. The molecule has 80 valence electrons. The summed E-state index contributed by atoms with van der Waals surface area (Å²) >= 11 is 0. The van der Waals surface area contributed by atoms with Crippen LogP contribution in [0.2, 0.25) is 0 Å². The Morgan fingerprint density at radius 3 is 2.08 bits per heavy atom. The molecular formula is C10H22O3. The van der Waals surface area contributed by atoms with Crippen molar-refractivity contribution in [3.63, 3.8) is 0 Å². The van der Waals surface area contributed by atoms with Crippen molar-refractivity contribution in [2.24, 2.45) is 5.92 Å². The van der Waals surface area contributed by atoms with E-state index in [2.05, 4.69) is 0 Å². The third kappa shape index (κ3) is 6.02. The molecule has 0 aromatic carbocycles. The maximum atomic E-state index is 9.49. The van der Waals surface area contributed by atoms with Gasteiger partial charge in [-0.1, -0.05) is 6.92 Å². The largest absolute Gasteiger partial charge is 0.396 e. The molecule has 0 amide bonds. The molecule has 0 aliphatic heterocycles. The van der Waals surface area contributed by atoms with Crippen LogP contribution in [0.4, 0.5) is 0 Å². The molecule has 0 aromatic rings. The summed E-state index contributed by atoms with van der Waals surface area (Å²) in [5.41, 5.74) is -1.01. The summed E-state index contributed by atoms with van der Waals surface area (Å²) in [6, 6.07) is 0. The van der Waals surface area contributed by atoms with Gasteiger partial charge in [-0.2, -0.15) is 0 Å². The van der Waals surface area contributed by atoms with Crippen molar-refractivity contribution >= 4 is 0 Å². The van der Waals surface area contributed by atoms with E-state index in [1.807, 2.05) is 6.92 Å². The van der Waals surface area contributed by atoms with Gasteiger partial charge in [-0.25, -0.2) is 0 Å². The summed E-state index contributed by atoms with van der Waals surface area (Å²) in [6.07, 6.45) is 1.52. The third-order valence-corrected chi connectivity index (χ3v) is 2.37. The van der Waals surface area contributed by atoms with E-state index >= 15 is 0 Å². The van der Waals surface area contributed by atoms with Crippen LogP contribution in [0.1, 0.15) is 40.0 Å². The first kappa shape index (κ1) is 12.9. The fourth-order valence-corrected chi connectivity index (χ4v) is 1.16. The monoisotopic (exact) mass is 190 g/mol. The Balaban J connectivity index is 3.63. The first-order chi connectivity index (χ1) is 5.88. The van der Waals surface area contributed by atoms with Crippen LogP contribution in [0, 0.1) is 5.92 Å². The summed E-state index contributed by atoms with van der Waals surface area (Å²) in [7, 11) is 0. The van der Waals surface area contributed by atoms with Gasteiger partial charge in [0.25, 0.3) is 0 Å². The van der Waals surface area contributed by atoms with E-state index in [9.17, 15) is 10.2 Å². The summed E-state index contributed by atoms with van der Waals surface area (Å²) in [6.45, 7) is 5.44. The fourth-order valence-electron chi connectivity index (χ4n) is 1.16. The smallest absolute Gasteiger partial charge is 0.0849 e. The first-order valence-corrected chi connectivity index (χ1v) is 4.89. The molecule has 0 heterocycles. The van der Waals surface area contributed by atoms with Crippen molar-refractivity contribution in [3.05, 3.63) is 0 Å². The second-order valence-electron chi connectivity index (χ2n) is 4.36. The van der Waals surface area contributed by atoms with E-state index < -0.39 is 11.7 Å². The van der Waals surface area contributed by atoms with Gasteiger partial charge in [0.05, 0.1) is 11.7 Å². The average Bonchev–Trinajstić information content (AvgIpc) is 1.99. The Morgan fingerprint density at radius 1 is 1.15 bits per heavy atom. The van der Waals surface area contributed by atoms with Crippen LogP contribution in [0.15, 0.2) is 0 Å². The lowest BCUT2D eigenvalue weighted by molar-refractivity contribution is -0.0536. The molecule has 13 heavy (non-hydrogen) atoms. The maximum absolute atomic E-state index is 9.49. The normalized spacial score (nSPS) is 17.1. The van der Waals surface area contributed by atoms with Crippen LogP contribution < -0.4 is 0 Å². The minimum Gasteiger partial charge on any atom is -0.396 e. The molecule has 0 spiro atoms. The second kappa shape index (κ2) is 5.58. The molecule has 0 saturated heterocycles. The Kier molecular flexibility index (Phi) is 5.53. The van der Waals surface area contributed by atoms with E-state index in [-0.39, 0.29) is 6.61 Å².